The number of hydrogen-bond acceptors (Lipinski definition) is 2. The summed E-state index contributed by atoms with van der Waals surface area (Å²) in [6.07, 6.45) is 6.68. The van der Waals surface area contributed by atoms with E-state index in [-0.39, 0.29) is 0 Å². The predicted molar refractivity (Wildman–Crippen MR) is 99.8 cm³/mol. The van der Waals surface area contributed by atoms with Gasteiger partial charge in [0.2, 0.25) is 0 Å². The topological polar surface area (TPSA) is 24.1 Å². The van der Waals surface area contributed by atoms with Gasteiger partial charge in [-0.15, -0.1) is 0 Å². The highest BCUT2D eigenvalue weighted by atomic mass is 14.9. The zero-order valence-corrected chi connectivity index (χ0v) is 14.0. The van der Waals surface area contributed by atoms with Crippen LogP contribution in [0.3, 0.4) is 0 Å². The second-order valence-electron chi connectivity index (χ2n) is 6.37. The molecular weight excluding hydrogens is 280 g/mol. The molecule has 0 heterocycles. The van der Waals surface area contributed by atoms with Crippen molar-refractivity contribution in [3.63, 3.8) is 0 Å². The van der Waals surface area contributed by atoms with Crippen LogP contribution in [0.4, 0.5) is 11.4 Å². The molecule has 0 radical (unpaired) electrons. The summed E-state index contributed by atoms with van der Waals surface area (Å²) in [4.78, 5) is 0. The molecule has 23 heavy (non-hydrogen) atoms. The Hall–Kier alpha value is -2.48. The molecule has 2 atom stereocenters. The number of anilines is 2. The lowest BCUT2D eigenvalue weighted by molar-refractivity contribution is 0.655. The first-order valence-electron chi connectivity index (χ1n) is 8.17. The number of hydrogen-bond donors (Lipinski definition) is 2. The highest BCUT2D eigenvalue weighted by Crippen LogP contribution is 2.22. The van der Waals surface area contributed by atoms with Gasteiger partial charge in [-0.1, -0.05) is 54.5 Å². The SMILES string of the molecule is Cc1ccc(NC2=CC(C)C(Nc3ccc(C)cc3)C=C2)cc1. The summed E-state index contributed by atoms with van der Waals surface area (Å²) in [7, 11) is 0. The lowest BCUT2D eigenvalue weighted by atomic mass is 9.95. The maximum atomic E-state index is 3.59. The Morgan fingerprint density at radius 2 is 1.35 bits per heavy atom. The maximum Gasteiger partial charge on any atom is 0.0509 e. The van der Waals surface area contributed by atoms with E-state index in [4.69, 9.17) is 0 Å². The van der Waals surface area contributed by atoms with Gasteiger partial charge < -0.3 is 10.6 Å². The molecule has 2 nitrogen and oxygen atoms in total. The molecule has 0 bridgehead atoms. The summed E-state index contributed by atoms with van der Waals surface area (Å²) < 4.78 is 0. The Labute approximate surface area is 138 Å². The minimum atomic E-state index is 0.321. The molecule has 1 aliphatic carbocycles. The van der Waals surface area contributed by atoms with Crippen molar-refractivity contribution < 1.29 is 0 Å². The van der Waals surface area contributed by atoms with Gasteiger partial charge in [0.05, 0.1) is 6.04 Å². The van der Waals surface area contributed by atoms with Gasteiger partial charge in [-0.2, -0.15) is 0 Å². The van der Waals surface area contributed by atoms with Gasteiger partial charge in [0.15, 0.2) is 0 Å². The highest BCUT2D eigenvalue weighted by molar-refractivity contribution is 5.54. The van der Waals surface area contributed by atoms with E-state index < -0.39 is 0 Å². The van der Waals surface area contributed by atoms with Gasteiger partial charge in [0.1, 0.15) is 0 Å². The van der Waals surface area contributed by atoms with Crippen LogP contribution >= 0.6 is 0 Å². The van der Waals surface area contributed by atoms with Gasteiger partial charge in [-0.25, -0.2) is 0 Å². The average molecular weight is 304 g/mol. The van der Waals surface area contributed by atoms with E-state index >= 15 is 0 Å². The Bertz CT molecular complexity index is 709. The first-order valence-corrected chi connectivity index (χ1v) is 8.17. The largest absolute Gasteiger partial charge is 0.378 e. The minimum absolute atomic E-state index is 0.321. The number of nitrogens with one attached hydrogen (secondary N) is 2. The van der Waals surface area contributed by atoms with E-state index in [1.54, 1.807) is 0 Å². The normalized spacial score (nSPS) is 20.0. The third kappa shape index (κ3) is 4.04. The number of aryl methyl sites for hydroxylation is 2. The second-order valence-corrected chi connectivity index (χ2v) is 6.37. The van der Waals surface area contributed by atoms with Crippen molar-refractivity contribution in [3.8, 4) is 0 Å². The van der Waals surface area contributed by atoms with Crippen LogP contribution in [0.2, 0.25) is 0 Å². The van der Waals surface area contributed by atoms with Gasteiger partial charge in [0.25, 0.3) is 0 Å². The van der Waals surface area contributed by atoms with Gasteiger partial charge in [0, 0.05) is 23.0 Å². The summed E-state index contributed by atoms with van der Waals surface area (Å²) in [5.41, 5.74) is 6.01. The van der Waals surface area contributed by atoms with Crippen LogP contribution in [0.1, 0.15) is 18.1 Å². The molecule has 2 heteroatoms. The lowest BCUT2D eigenvalue weighted by Crippen LogP contribution is -2.26. The van der Waals surface area contributed by atoms with Crippen molar-refractivity contribution in [2.45, 2.75) is 26.8 Å². The highest BCUT2D eigenvalue weighted by Gasteiger charge is 2.16. The molecule has 1 aliphatic rings. The molecule has 0 fully saturated rings. The molecule has 0 amide bonds. The van der Waals surface area contributed by atoms with Crippen molar-refractivity contribution in [2.75, 3.05) is 10.6 Å². The Balaban J connectivity index is 1.64. The van der Waals surface area contributed by atoms with Crippen molar-refractivity contribution in [1.82, 2.24) is 0 Å². The first kappa shape index (κ1) is 15.4. The number of allylic oxidation sites excluding steroid dienone is 1. The molecular formula is C21H24N2. The van der Waals surface area contributed by atoms with E-state index in [2.05, 4.69) is 98.2 Å². The molecule has 0 aliphatic heterocycles. The van der Waals surface area contributed by atoms with E-state index in [1.165, 1.54) is 16.8 Å². The molecule has 2 N–H and O–H groups in total. The van der Waals surface area contributed by atoms with Gasteiger partial charge >= 0.3 is 0 Å². The lowest BCUT2D eigenvalue weighted by Gasteiger charge is -2.25. The molecule has 2 aromatic carbocycles. The van der Waals surface area contributed by atoms with Crippen LogP contribution < -0.4 is 10.6 Å². The quantitative estimate of drug-likeness (QED) is 0.802. The molecule has 0 saturated heterocycles. The number of benzene rings is 2. The molecule has 0 spiro atoms. The fourth-order valence-electron chi connectivity index (χ4n) is 2.73. The molecule has 0 aromatic heterocycles. The molecule has 118 valence electrons. The third-order valence-electron chi connectivity index (χ3n) is 4.22. The molecule has 3 rings (SSSR count). The first-order chi connectivity index (χ1) is 11.1. The zero-order valence-electron chi connectivity index (χ0n) is 14.0. The monoisotopic (exact) mass is 304 g/mol. The molecule has 0 saturated carbocycles. The van der Waals surface area contributed by atoms with Crippen LogP contribution in [0.15, 0.2) is 72.5 Å². The summed E-state index contributed by atoms with van der Waals surface area (Å²) in [5.74, 6) is 0.425. The predicted octanol–water partition coefficient (Wildman–Crippen LogP) is 5.29. The van der Waals surface area contributed by atoms with Crippen LogP contribution in [-0.2, 0) is 0 Å². The fourth-order valence-corrected chi connectivity index (χ4v) is 2.73. The Morgan fingerprint density at radius 3 is 1.91 bits per heavy atom. The van der Waals surface area contributed by atoms with E-state index in [0.717, 1.165) is 11.4 Å². The van der Waals surface area contributed by atoms with Crippen LogP contribution in [0.25, 0.3) is 0 Å². The standard InChI is InChI=1S/C21H24N2/c1-15-4-8-18(9-5-15)22-20-12-13-21(17(3)14-20)23-19-10-6-16(2)7-11-19/h4-14,17,21-23H,1-3H3. The van der Waals surface area contributed by atoms with Gasteiger partial charge in [-0.05, 0) is 44.2 Å². The fraction of sp³-hybridized carbons (Fsp3) is 0.238. The third-order valence-corrected chi connectivity index (χ3v) is 4.22. The van der Waals surface area contributed by atoms with Crippen molar-refractivity contribution >= 4 is 11.4 Å². The summed E-state index contributed by atoms with van der Waals surface area (Å²) in [6.45, 7) is 6.46. The smallest absolute Gasteiger partial charge is 0.0509 e. The average Bonchev–Trinajstić information content (AvgIpc) is 2.54. The zero-order chi connectivity index (χ0) is 16.2. The summed E-state index contributed by atoms with van der Waals surface area (Å²) in [5, 5.41) is 7.07. The van der Waals surface area contributed by atoms with Crippen LogP contribution in [-0.4, -0.2) is 6.04 Å². The van der Waals surface area contributed by atoms with E-state index in [1.807, 2.05) is 0 Å². The summed E-state index contributed by atoms with van der Waals surface area (Å²) >= 11 is 0. The Kier molecular flexibility index (Phi) is 4.52. The Morgan fingerprint density at radius 1 is 0.783 bits per heavy atom. The van der Waals surface area contributed by atoms with Crippen LogP contribution in [0, 0.1) is 19.8 Å². The van der Waals surface area contributed by atoms with Crippen molar-refractivity contribution in [3.05, 3.63) is 83.6 Å². The second kappa shape index (κ2) is 6.74. The number of rotatable bonds is 4. The van der Waals surface area contributed by atoms with Crippen LogP contribution in [0.5, 0.6) is 0 Å². The van der Waals surface area contributed by atoms with Crippen molar-refractivity contribution in [2.24, 2.45) is 5.92 Å². The van der Waals surface area contributed by atoms with Gasteiger partial charge in [-0.3, -0.25) is 0 Å². The van der Waals surface area contributed by atoms with Crippen molar-refractivity contribution in [1.29, 1.82) is 0 Å². The maximum absolute atomic E-state index is 3.59. The minimum Gasteiger partial charge on any atom is -0.378 e. The van der Waals surface area contributed by atoms with E-state index in [9.17, 15) is 0 Å². The van der Waals surface area contributed by atoms with E-state index in [0.29, 0.717) is 12.0 Å². The summed E-state index contributed by atoms with van der Waals surface area (Å²) in [6, 6.07) is 17.4. The molecule has 2 unspecified atom stereocenters. The molecule has 2 aromatic rings.